The van der Waals surface area contributed by atoms with Crippen molar-refractivity contribution in [1.29, 1.82) is 0 Å². The van der Waals surface area contributed by atoms with Crippen molar-refractivity contribution in [1.82, 2.24) is 9.97 Å². The number of carboxylic acid groups (broad SMARTS) is 2. The molecule has 1 aromatic heterocycles. The molecule has 50 heavy (non-hydrogen) atoms. The molecule has 1 aromatic carbocycles. The van der Waals surface area contributed by atoms with Gasteiger partial charge in [0.2, 0.25) is 0 Å². The fourth-order valence-corrected chi connectivity index (χ4v) is 6.16. The molecular formula is C43H76CaN2O4. The van der Waals surface area contributed by atoms with Gasteiger partial charge in [-0.15, -0.1) is 0 Å². The Morgan fingerprint density at radius 1 is 0.480 bits per heavy atom. The molecule has 0 spiro atoms. The van der Waals surface area contributed by atoms with Crippen molar-refractivity contribution in [2.45, 2.75) is 219 Å². The van der Waals surface area contributed by atoms with Gasteiger partial charge in [-0.1, -0.05) is 206 Å². The number of aromatic nitrogens is 2. The first-order chi connectivity index (χ1) is 24.0. The zero-order valence-electron chi connectivity index (χ0n) is 32.8. The number of imidazole rings is 1. The van der Waals surface area contributed by atoms with E-state index >= 15 is 0 Å². The Balaban J connectivity index is 0. The number of para-hydroxylation sites is 2. The largest absolute Gasteiger partial charge is 2.00 e. The monoisotopic (exact) mass is 725 g/mol. The van der Waals surface area contributed by atoms with Crippen LogP contribution in [0.1, 0.15) is 219 Å². The molecule has 0 saturated carbocycles. The van der Waals surface area contributed by atoms with E-state index in [2.05, 4.69) is 23.8 Å². The van der Waals surface area contributed by atoms with Crippen molar-refractivity contribution in [3.63, 3.8) is 0 Å². The van der Waals surface area contributed by atoms with Crippen molar-refractivity contribution in [2.24, 2.45) is 0 Å². The summed E-state index contributed by atoms with van der Waals surface area (Å²) in [7, 11) is 0. The number of carboxylic acids is 2. The number of fused-ring (bicyclic) bond motifs is 1. The van der Waals surface area contributed by atoms with E-state index < -0.39 is 11.9 Å². The van der Waals surface area contributed by atoms with Gasteiger partial charge in [-0.25, -0.2) is 4.98 Å². The second-order valence-electron chi connectivity index (χ2n) is 14.1. The van der Waals surface area contributed by atoms with Crippen molar-refractivity contribution in [3.8, 4) is 0 Å². The van der Waals surface area contributed by atoms with Gasteiger partial charge in [-0.2, -0.15) is 0 Å². The van der Waals surface area contributed by atoms with Gasteiger partial charge in [0.15, 0.2) is 0 Å². The molecule has 0 unspecified atom stereocenters. The Labute approximate surface area is 338 Å². The summed E-state index contributed by atoms with van der Waals surface area (Å²) in [6, 6.07) is 7.94. The molecule has 7 heteroatoms. The maximum atomic E-state index is 10.2. The summed E-state index contributed by atoms with van der Waals surface area (Å²) in [5, 5.41) is 20.4. The number of unbranched alkanes of at least 4 members (excludes halogenated alkanes) is 28. The molecule has 0 fully saturated rings. The number of hydrogen-bond donors (Lipinski definition) is 1. The molecule has 0 amide bonds. The topological polar surface area (TPSA) is 109 Å². The van der Waals surface area contributed by atoms with Crippen molar-refractivity contribution < 1.29 is 19.8 Å². The zero-order chi connectivity index (χ0) is 35.9. The van der Waals surface area contributed by atoms with E-state index in [1.165, 1.54) is 167 Å². The SMILES string of the molecule is CCCCCCCCCCCCCCCCCC(=O)[O-].CCCCCCCCCCCCCCCCCC(=O)[O-].[Ca+2].c1ccc2[nH]cnc2c1. The summed E-state index contributed by atoms with van der Waals surface area (Å²) in [5.41, 5.74) is 2.12. The maximum Gasteiger partial charge on any atom is 2.00 e. The number of carbonyl (C=O) groups excluding carboxylic acids is 2. The smallest absolute Gasteiger partial charge is 0.550 e. The number of hydrogen-bond acceptors (Lipinski definition) is 5. The van der Waals surface area contributed by atoms with E-state index in [0.29, 0.717) is 0 Å². The Hall–Kier alpha value is -1.11. The van der Waals surface area contributed by atoms with Crippen LogP contribution in [0.3, 0.4) is 0 Å². The van der Waals surface area contributed by atoms with Crippen molar-refractivity contribution in [2.75, 3.05) is 0 Å². The van der Waals surface area contributed by atoms with Crippen LogP contribution in [0.25, 0.3) is 11.0 Å². The number of carbonyl (C=O) groups is 2. The molecule has 0 radical (unpaired) electrons. The van der Waals surface area contributed by atoms with E-state index in [9.17, 15) is 19.8 Å². The second-order valence-corrected chi connectivity index (χ2v) is 14.1. The Morgan fingerprint density at radius 3 is 1.04 bits per heavy atom. The minimum atomic E-state index is -0.903. The summed E-state index contributed by atoms with van der Waals surface area (Å²) < 4.78 is 0. The molecule has 0 saturated heterocycles. The van der Waals surface area contributed by atoms with Gasteiger partial charge in [0.25, 0.3) is 0 Å². The predicted octanol–water partition coefficient (Wildman–Crippen LogP) is 11.2. The zero-order valence-corrected chi connectivity index (χ0v) is 35.0. The predicted molar refractivity (Wildman–Crippen MR) is 211 cm³/mol. The molecule has 0 atom stereocenters. The molecule has 6 nitrogen and oxygen atoms in total. The molecule has 1 N–H and O–H groups in total. The standard InChI is InChI=1S/2C18H36O2.C7H6N2.Ca/c2*1-2-3-4-5-6-7-8-9-10-11-12-13-14-15-16-17-18(19)20;1-2-4-7-6(3-1)8-5-9-7;/h2*2-17H2,1H3,(H,19,20);1-5H,(H,8,9);/q;;;+2/p-2. The number of benzene rings is 1. The molecule has 2 aromatic rings. The number of H-pyrrole nitrogens is 1. The van der Waals surface area contributed by atoms with Crippen molar-refractivity contribution >= 4 is 60.7 Å². The molecule has 0 bridgehead atoms. The summed E-state index contributed by atoms with van der Waals surface area (Å²) >= 11 is 0. The normalized spacial score (nSPS) is 10.5. The third-order valence-electron chi connectivity index (χ3n) is 9.30. The van der Waals surface area contributed by atoms with Crippen LogP contribution < -0.4 is 10.2 Å². The maximum absolute atomic E-state index is 10.2. The molecule has 0 aliphatic rings. The first-order valence-corrected chi connectivity index (χ1v) is 20.8. The number of nitrogens with one attached hydrogen (secondary N) is 1. The van der Waals surface area contributed by atoms with Gasteiger partial charge in [-0.05, 0) is 37.8 Å². The minimum absolute atomic E-state index is 0. The fourth-order valence-electron chi connectivity index (χ4n) is 6.16. The second kappa shape index (κ2) is 42.3. The Morgan fingerprint density at radius 2 is 0.760 bits per heavy atom. The van der Waals surface area contributed by atoms with Gasteiger partial charge in [0, 0.05) is 11.9 Å². The van der Waals surface area contributed by atoms with Crippen LogP contribution in [0, 0.1) is 0 Å². The number of rotatable bonds is 32. The Kier molecular flexibility index (Phi) is 43.1. The van der Waals surface area contributed by atoms with Crippen LogP contribution in [-0.4, -0.2) is 59.6 Å². The molecule has 284 valence electrons. The van der Waals surface area contributed by atoms with Crippen LogP contribution in [0.5, 0.6) is 0 Å². The summed E-state index contributed by atoms with van der Waals surface area (Å²) in [5.74, 6) is -1.81. The van der Waals surface area contributed by atoms with Gasteiger partial charge in [-0.3, -0.25) is 0 Å². The van der Waals surface area contributed by atoms with Gasteiger partial charge < -0.3 is 24.8 Å². The van der Waals surface area contributed by atoms with Crippen LogP contribution in [0.4, 0.5) is 0 Å². The quantitative estimate of drug-likeness (QED) is 0.0597. The molecule has 2 rings (SSSR count). The molecular weight excluding hydrogens is 649 g/mol. The average Bonchev–Trinajstić information content (AvgIpc) is 3.58. The number of aromatic amines is 1. The van der Waals surface area contributed by atoms with E-state index in [4.69, 9.17) is 0 Å². The third-order valence-corrected chi connectivity index (χ3v) is 9.30. The molecule has 0 aliphatic heterocycles. The van der Waals surface area contributed by atoms with Crippen molar-refractivity contribution in [3.05, 3.63) is 30.6 Å². The Bertz CT molecular complexity index is 893. The van der Waals surface area contributed by atoms with Gasteiger partial charge >= 0.3 is 37.7 Å². The number of nitrogens with zero attached hydrogens (tertiary/aromatic N) is 1. The first kappa shape index (κ1) is 51.0. The van der Waals surface area contributed by atoms with E-state index in [1.54, 1.807) is 6.33 Å². The first-order valence-electron chi connectivity index (χ1n) is 20.8. The van der Waals surface area contributed by atoms with Crippen LogP contribution in [0.2, 0.25) is 0 Å². The van der Waals surface area contributed by atoms with Gasteiger partial charge in [0.05, 0.1) is 17.4 Å². The minimum Gasteiger partial charge on any atom is -0.550 e. The molecule has 0 aliphatic carbocycles. The third kappa shape index (κ3) is 39.7. The average molecular weight is 725 g/mol. The fraction of sp³-hybridized carbons (Fsp3) is 0.791. The van der Waals surface area contributed by atoms with Crippen LogP contribution in [0.15, 0.2) is 30.6 Å². The summed E-state index contributed by atoms with van der Waals surface area (Å²) in [6.45, 7) is 4.53. The van der Waals surface area contributed by atoms with E-state index in [-0.39, 0.29) is 50.6 Å². The number of aliphatic carboxylic acids is 2. The van der Waals surface area contributed by atoms with Crippen LogP contribution in [-0.2, 0) is 9.59 Å². The van der Waals surface area contributed by atoms with Crippen LogP contribution >= 0.6 is 0 Å². The summed E-state index contributed by atoms with van der Waals surface area (Å²) in [4.78, 5) is 27.5. The van der Waals surface area contributed by atoms with E-state index in [1.807, 2.05) is 24.3 Å². The van der Waals surface area contributed by atoms with Gasteiger partial charge in [0.1, 0.15) is 0 Å². The molecule has 1 heterocycles. The van der Waals surface area contributed by atoms with E-state index in [0.717, 1.165) is 36.7 Å². The summed E-state index contributed by atoms with van der Waals surface area (Å²) in [6.07, 6.45) is 41.4.